The average molecular weight is 289 g/mol. The molecular formula is C17H27N3O. The van der Waals surface area contributed by atoms with Gasteiger partial charge in [0.15, 0.2) is 0 Å². The second-order valence-corrected chi connectivity index (χ2v) is 5.97. The number of nitrogens with zero attached hydrogens (tertiary/aromatic N) is 1. The molecule has 0 bridgehead atoms. The fourth-order valence-corrected chi connectivity index (χ4v) is 2.91. The molecule has 1 amide bonds. The summed E-state index contributed by atoms with van der Waals surface area (Å²) < 4.78 is 0. The first-order valence-corrected chi connectivity index (χ1v) is 8.05. The molecule has 1 atom stereocenters. The topological polar surface area (TPSA) is 58.4 Å². The van der Waals surface area contributed by atoms with Crippen molar-refractivity contribution >= 4 is 17.3 Å². The van der Waals surface area contributed by atoms with E-state index < -0.39 is 0 Å². The Bertz CT molecular complexity index is 444. The molecule has 3 N–H and O–H groups in total. The molecule has 4 nitrogen and oxygen atoms in total. The van der Waals surface area contributed by atoms with Gasteiger partial charge in [0.25, 0.3) is 0 Å². The Kier molecular flexibility index (Phi) is 6.05. The number of anilines is 2. The molecule has 2 rings (SSSR count). The van der Waals surface area contributed by atoms with Gasteiger partial charge in [-0.25, -0.2) is 0 Å². The largest absolute Gasteiger partial charge is 0.399 e. The highest BCUT2D eigenvalue weighted by molar-refractivity contribution is 5.90. The number of hydrogen-bond acceptors (Lipinski definition) is 3. The van der Waals surface area contributed by atoms with Crippen molar-refractivity contribution in [2.45, 2.75) is 39.0 Å². The first kappa shape index (κ1) is 15.8. The van der Waals surface area contributed by atoms with Crippen LogP contribution in [0.1, 0.15) is 39.0 Å². The highest BCUT2D eigenvalue weighted by Gasteiger charge is 2.16. The Morgan fingerprint density at radius 1 is 1.29 bits per heavy atom. The SMILES string of the molecule is CCC1CCCN(CCC(=O)Nc2ccc(N)cc2)CC1. The molecule has 116 valence electrons. The number of rotatable bonds is 5. The van der Waals surface area contributed by atoms with Crippen LogP contribution >= 0.6 is 0 Å². The summed E-state index contributed by atoms with van der Waals surface area (Å²) in [6.45, 7) is 5.40. The van der Waals surface area contributed by atoms with Crippen molar-refractivity contribution in [2.24, 2.45) is 5.92 Å². The van der Waals surface area contributed by atoms with Crippen LogP contribution in [0.3, 0.4) is 0 Å². The summed E-state index contributed by atoms with van der Waals surface area (Å²) in [4.78, 5) is 14.4. The van der Waals surface area contributed by atoms with E-state index in [1.807, 2.05) is 12.1 Å². The number of carbonyl (C=O) groups is 1. The second-order valence-electron chi connectivity index (χ2n) is 5.97. The summed E-state index contributed by atoms with van der Waals surface area (Å²) >= 11 is 0. The van der Waals surface area contributed by atoms with E-state index in [1.54, 1.807) is 12.1 Å². The van der Waals surface area contributed by atoms with Gasteiger partial charge in [0.1, 0.15) is 0 Å². The van der Waals surface area contributed by atoms with E-state index in [9.17, 15) is 4.79 Å². The zero-order valence-electron chi connectivity index (χ0n) is 13.0. The van der Waals surface area contributed by atoms with Gasteiger partial charge in [0, 0.05) is 24.3 Å². The minimum atomic E-state index is 0.0797. The Morgan fingerprint density at radius 3 is 2.76 bits per heavy atom. The van der Waals surface area contributed by atoms with Crippen LogP contribution < -0.4 is 11.1 Å². The summed E-state index contributed by atoms with van der Waals surface area (Å²) in [5, 5.41) is 2.92. The number of nitrogen functional groups attached to an aromatic ring is 1. The summed E-state index contributed by atoms with van der Waals surface area (Å²) in [6, 6.07) is 7.28. The minimum Gasteiger partial charge on any atom is -0.399 e. The Balaban J connectivity index is 1.72. The van der Waals surface area contributed by atoms with Gasteiger partial charge in [-0.3, -0.25) is 4.79 Å². The van der Waals surface area contributed by atoms with Crippen LogP contribution in [0.2, 0.25) is 0 Å². The third-order valence-electron chi connectivity index (χ3n) is 4.37. The molecule has 4 heteroatoms. The summed E-state index contributed by atoms with van der Waals surface area (Å²) in [6.07, 6.45) is 5.71. The minimum absolute atomic E-state index is 0.0797. The van der Waals surface area contributed by atoms with Crippen LogP contribution in [-0.4, -0.2) is 30.4 Å². The first-order valence-electron chi connectivity index (χ1n) is 8.05. The number of nitrogens with one attached hydrogen (secondary N) is 1. The lowest BCUT2D eigenvalue weighted by molar-refractivity contribution is -0.116. The molecule has 0 aromatic heterocycles. The summed E-state index contributed by atoms with van der Waals surface area (Å²) in [7, 11) is 0. The third kappa shape index (κ3) is 5.38. The van der Waals surface area contributed by atoms with Crippen LogP contribution in [0.15, 0.2) is 24.3 Å². The number of hydrogen-bond donors (Lipinski definition) is 2. The van der Waals surface area contributed by atoms with Gasteiger partial charge in [-0.1, -0.05) is 13.3 Å². The maximum atomic E-state index is 12.0. The predicted octanol–water partition coefficient (Wildman–Crippen LogP) is 3.11. The van der Waals surface area contributed by atoms with Gasteiger partial charge in [0.2, 0.25) is 5.91 Å². The number of likely N-dealkylation sites (tertiary alicyclic amines) is 1. The van der Waals surface area contributed by atoms with Crippen LogP contribution in [-0.2, 0) is 4.79 Å². The van der Waals surface area contributed by atoms with Gasteiger partial charge in [0.05, 0.1) is 0 Å². The highest BCUT2D eigenvalue weighted by Crippen LogP contribution is 2.20. The Labute approximate surface area is 127 Å². The molecule has 21 heavy (non-hydrogen) atoms. The smallest absolute Gasteiger partial charge is 0.225 e. The van der Waals surface area contributed by atoms with Crippen molar-refractivity contribution in [3.8, 4) is 0 Å². The molecular weight excluding hydrogens is 262 g/mol. The van der Waals surface area contributed by atoms with E-state index in [1.165, 1.54) is 25.7 Å². The summed E-state index contributed by atoms with van der Waals surface area (Å²) in [5.74, 6) is 0.953. The molecule has 1 unspecified atom stereocenters. The van der Waals surface area contributed by atoms with E-state index in [0.29, 0.717) is 12.1 Å². The van der Waals surface area contributed by atoms with Crippen LogP contribution in [0.25, 0.3) is 0 Å². The Morgan fingerprint density at radius 2 is 2.05 bits per heavy atom. The molecule has 0 spiro atoms. The van der Waals surface area contributed by atoms with Gasteiger partial charge in [-0.05, 0) is 62.5 Å². The third-order valence-corrected chi connectivity index (χ3v) is 4.37. The molecule has 0 aliphatic carbocycles. The van der Waals surface area contributed by atoms with Gasteiger partial charge in [-0.15, -0.1) is 0 Å². The number of carbonyl (C=O) groups excluding carboxylic acids is 1. The zero-order valence-corrected chi connectivity index (χ0v) is 13.0. The van der Waals surface area contributed by atoms with Crippen molar-refractivity contribution in [2.75, 3.05) is 30.7 Å². The number of nitrogens with two attached hydrogens (primary N) is 1. The van der Waals surface area contributed by atoms with Crippen molar-refractivity contribution in [1.29, 1.82) is 0 Å². The van der Waals surface area contributed by atoms with Crippen molar-refractivity contribution in [3.05, 3.63) is 24.3 Å². The van der Waals surface area contributed by atoms with Crippen molar-refractivity contribution in [1.82, 2.24) is 4.90 Å². The lowest BCUT2D eigenvalue weighted by Gasteiger charge is -2.19. The molecule has 1 aliphatic heterocycles. The molecule has 1 heterocycles. The van der Waals surface area contributed by atoms with Crippen LogP contribution in [0.4, 0.5) is 11.4 Å². The maximum absolute atomic E-state index is 12.0. The van der Waals surface area contributed by atoms with E-state index in [-0.39, 0.29) is 5.91 Å². The fraction of sp³-hybridized carbons (Fsp3) is 0.588. The van der Waals surface area contributed by atoms with Gasteiger partial charge >= 0.3 is 0 Å². The second kappa shape index (κ2) is 8.03. The molecule has 0 radical (unpaired) electrons. The lowest BCUT2D eigenvalue weighted by Crippen LogP contribution is -2.29. The summed E-state index contributed by atoms with van der Waals surface area (Å²) in [5.41, 5.74) is 7.16. The molecule has 1 fully saturated rings. The standard InChI is InChI=1S/C17H27N3O/c1-2-14-4-3-11-20(12-9-14)13-10-17(21)19-16-7-5-15(18)6-8-16/h5-8,14H,2-4,9-13,18H2,1H3,(H,19,21). The number of benzene rings is 1. The normalized spacial score (nSPS) is 20.0. The molecule has 1 aromatic rings. The molecule has 1 saturated heterocycles. The Hall–Kier alpha value is -1.55. The van der Waals surface area contributed by atoms with E-state index >= 15 is 0 Å². The lowest BCUT2D eigenvalue weighted by atomic mass is 9.98. The van der Waals surface area contributed by atoms with E-state index in [2.05, 4.69) is 17.1 Å². The quantitative estimate of drug-likeness (QED) is 0.819. The fourth-order valence-electron chi connectivity index (χ4n) is 2.91. The van der Waals surface area contributed by atoms with E-state index in [0.717, 1.165) is 31.2 Å². The predicted molar refractivity (Wildman–Crippen MR) is 88.2 cm³/mol. The van der Waals surface area contributed by atoms with Crippen molar-refractivity contribution < 1.29 is 4.79 Å². The average Bonchev–Trinajstić information content (AvgIpc) is 2.72. The van der Waals surface area contributed by atoms with Crippen LogP contribution in [0, 0.1) is 5.92 Å². The van der Waals surface area contributed by atoms with Crippen LogP contribution in [0.5, 0.6) is 0 Å². The maximum Gasteiger partial charge on any atom is 0.225 e. The monoisotopic (exact) mass is 289 g/mol. The van der Waals surface area contributed by atoms with Crippen molar-refractivity contribution in [3.63, 3.8) is 0 Å². The molecule has 1 aliphatic rings. The van der Waals surface area contributed by atoms with E-state index in [4.69, 9.17) is 5.73 Å². The van der Waals surface area contributed by atoms with Gasteiger partial charge < -0.3 is 16.0 Å². The number of amides is 1. The molecule has 0 saturated carbocycles. The highest BCUT2D eigenvalue weighted by atomic mass is 16.1. The molecule has 1 aromatic carbocycles. The zero-order chi connectivity index (χ0) is 15.1. The van der Waals surface area contributed by atoms with Gasteiger partial charge in [-0.2, -0.15) is 0 Å². The first-order chi connectivity index (χ1) is 10.2.